The molecule has 296 valence electrons. The van der Waals surface area contributed by atoms with E-state index in [1.54, 1.807) is 60.7 Å². The van der Waals surface area contributed by atoms with Crippen molar-refractivity contribution < 1.29 is 42.2 Å². The molecule has 0 aliphatic carbocycles. The fourth-order valence-electron chi connectivity index (χ4n) is 6.64. The zero-order valence-electron chi connectivity index (χ0n) is 32.2. The van der Waals surface area contributed by atoms with Gasteiger partial charge >= 0.3 is 19.2 Å². The largest absolute Gasteiger partial charge is 0.491 e. The third-order valence-electron chi connectivity index (χ3n) is 9.38. The number of benzene rings is 5. The highest BCUT2D eigenvalue weighted by molar-refractivity contribution is 7.52. The van der Waals surface area contributed by atoms with E-state index >= 15 is 0 Å². The summed E-state index contributed by atoms with van der Waals surface area (Å²) in [5, 5.41) is 8.73. The van der Waals surface area contributed by atoms with E-state index in [-0.39, 0.29) is 30.3 Å². The molecule has 0 spiro atoms. The summed E-state index contributed by atoms with van der Waals surface area (Å²) >= 11 is 0. The molecular formula is C44H44F2N3O7P. The first-order chi connectivity index (χ1) is 26.9. The van der Waals surface area contributed by atoms with Crippen molar-refractivity contribution in [2.45, 2.75) is 71.4 Å². The molecule has 0 saturated carbocycles. The predicted molar refractivity (Wildman–Crippen MR) is 213 cm³/mol. The van der Waals surface area contributed by atoms with Crippen LogP contribution in [0, 0.1) is 5.41 Å². The number of ketones is 1. The minimum absolute atomic E-state index is 0.0126. The zero-order chi connectivity index (χ0) is 41.2. The van der Waals surface area contributed by atoms with Gasteiger partial charge in [-0.05, 0) is 77.4 Å². The van der Waals surface area contributed by atoms with Gasteiger partial charge in [0.05, 0.1) is 11.6 Å². The summed E-state index contributed by atoms with van der Waals surface area (Å²) in [5.41, 5.74) is -2.47. The third kappa shape index (κ3) is 9.04. The Kier molecular flexibility index (Phi) is 11.6. The molecule has 10 nitrogen and oxygen atoms in total. The van der Waals surface area contributed by atoms with Crippen LogP contribution >= 0.6 is 7.60 Å². The van der Waals surface area contributed by atoms with Gasteiger partial charge in [0.15, 0.2) is 11.3 Å². The normalized spacial score (nSPS) is 13.4. The number of rotatable bonds is 14. The molecular weight excluding hydrogens is 751 g/mol. The third-order valence-corrected chi connectivity index (χ3v) is 10.4. The number of Topliss-reactive ketones (excluding diaryl/α,β-unsaturated/α-hetero) is 1. The van der Waals surface area contributed by atoms with Crippen molar-refractivity contribution >= 4 is 30.4 Å². The molecule has 0 aliphatic heterocycles. The lowest BCUT2D eigenvalue weighted by Crippen LogP contribution is -2.47. The van der Waals surface area contributed by atoms with Gasteiger partial charge in [0.2, 0.25) is 0 Å². The van der Waals surface area contributed by atoms with Gasteiger partial charge in [0.1, 0.15) is 17.9 Å². The molecule has 13 heteroatoms. The zero-order valence-corrected chi connectivity index (χ0v) is 33.1. The average Bonchev–Trinajstić information content (AvgIpc) is 3.60. The molecule has 0 amide bonds. The SMILES string of the molecule is CC(C)Oc1cc(C(=O)CC(C)(C)C)cc(-c2ccc(COC(=O)C(Cc3ccc(C(F)(F)P(=O)(O)O)cc3)(c3ccccc3)n3nnc4ccccc43)cc2)c1. The van der Waals surface area contributed by atoms with E-state index in [0.29, 0.717) is 45.5 Å². The van der Waals surface area contributed by atoms with Crippen LogP contribution in [0.2, 0.25) is 0 Å². The molecule has 6 aromatic rings. The van der Waals surface area contributed by atoms with Crippen molar-refractivity contribution in [2.24, 2.45) is 5.41 Å². The number of hydrogen-bond acceptors (Lipinski definition) is 7. The number of para-hydroxylation sites is 1. The predicted octanol–water partition coefficient (Wildman–Crippen LogP) is 9.46. The molecule has 0 radical (unpaired) electrons. The average molecular weight is 796 g/mol. The van der Waals surface area contributed by atoms with E-state index < -0.39 is 30.3 Å². The number of hydrogen-bond donors (Lipinski definition) is 2. The van der Waals surface area contributed by atoms with E-state index in [1.807, 2.05) is 71.0 Å². The topological polar surface area (TPSA) is 141 Å². The smallest absolute Gasteiger partial charge is 0.399 e. The van der Waals surface area contributed by atoms with Crippen LogP contribution in [-0.4, -0.2) is 42.6 Å². The van der Waals surface area contributed by atoms with Crippen LogP contribution in [0.4, 0.5) is 8.78 Å². The van der Waals surface area contributed by atoms with Crippen molar-refractivity contribution in [3.05, 3.63) is 149 Å². The second kappa shape index (κ2) is 16.1. The van der Waals surface area contributed by atoms with E-state index in [9.17, 15) is 32.7 Å². The Balaban J connectivity index is 1.35. The monoisotopic (exact) mass is 795 g/mol. The first-order valence-corrected chi connectivity index (χ1v) is 20.0. The number of ether oxygens (including phenoxy) is 2. The van der Waals surface area contributed by atoms with Crippen molar-refractivity contribution in [3.8, 4) is 16.9 Å². The van der Waals surface area contributed by atoms with Crippen molar-refractivity contribution in [3.63, 3.8) is 0 Å². The number of carbonyl (C=O) groups is 2. The lowest BCUT2D eigenvalue weighted by Gasteiger charge is -2.33. The molecule has 1 atom stereocenters. The standard InChI is InChI=1S/C44H44F2N3O7P/c1-29(2)56-37-24-33(23-34(25-37)40(50)27-42(3,4)5)32-19-15-31(16-20-32)28-55-41(51)43(35-11-7-6-8-12-35,49-39-14-10-9-13-38(39)47-48-49)26-30-17-21-36(22-18-30)44(45,46)57(52,53)54/h6-25,29H,26-28H2,1-5H3,(H2,52,53,54). The second-order valence-corrected chi connectivity index (χ2v) is 17.2. The molecule has 1 heterocycles. The first-order valence-electron chi connectivity index (χ1n) is 18.4. The Morgan fingerprint density at radius 2 is 1.42 bits per heavy atom. The number of fused-ring (bicyclic) bond motifs is 1. The number of alkyl halides is 2. The summed E-state index contributed by atoms with van der Waals surface area (Å²) in [6.07, 6.45) is 0.127. The van der Waals surface area contributed by atoms with E-state index in [4.69, 9.17) is 9.47 Å². The highest BCUT2D eigenvalue weighted by Gasteiger charge is 2.51. The molecule has 1 unspecified atom stereocenters. The molecule has 0 bridgehead atoms. The van der Waals surface area contributed by atoms with Crippen molar-refractivity contribution in [2.75, 3.05) is 0 Å². The van der Waals surface area contributed by atoms with Gasteiger partial charge in [-0.3, -0.25) is 9.36 Å². The minimum atomic E-state index is -5.81. The van der Waals surface area contributed by atoms with Crippen LogP contribution in [0.1, 0.15) is 73.7 Å². The summed E-state index contributed by atoms with van der Waals surface area (Å²) in [6, 6.07) is 33.2. The Labute approximate surface area is 329 Å². The van der Waals surface area contributed by atoms with Gasteiger partial charge in [-0.1, -0.05) is 117 Å². The summed E-state index contributed by atoms with van der Waals surface area (Å²) in [5.74, 6) is -0.113. The molecule has 0 aliphatic rings. The maximum atomic E-state index is 14.8. The fraction of sp³-hybridized carbons (Fsp3) is 0.273. The van der Waals surface area contributed by atoms with Crippen LogP contribution in [0.3, 0.4) is 0 Å². The highest BCUT2D eigenvalue weighted by Crippen LogP contribution is 2.59. The van der Waals surface area contributed by atoms with Crippen LogP contribution < -0.4 is 4.74 Å². The molecule has 2 N–H and O–H groups in total. The minimum Gasteiger partial charge on any atom is -0.491 e. The van der Waals surface area contributed by atoms with Crippen LogP contribution in [0.15, 0.2) is 121 Å². The van der Waals surface area contributed by atoms with E-state index in [1.165, 1.54) is 16.8 Å². The number of halogens is 2. The van der Waals surface area contributed by atoms with Gasteiger partial charge in [0.25, 0.3) is 0 Å². The Bertz CT molecular complexity index is 2420. The molecule has 5 aromatic carbocycles. The summed E-state index contributed by atoms with van der Waals surface area (Å²) in [4.78, 5) is 46.6. The maximum Gasteiger partial charge on any atom is 0.399 e. The Morgan fingerprint density at radius 1 is 0.789 bits per heavy atom. The quantitative estimate of drug-likeness (QED) is 0.0627. The molecule has 1 aromatic heterocycles. The molecule has 0 saturated heterocycles. The molecule has 0 fully saturated rings. The van der Waals surface area contributed by atoms with Crippen LogP contribution in [-0.2, 0) is 38.3 Å². The van der Waals surface area contributed by atoms with Gasteiger partial charge in [0, 0.05) is 24.0 Å². The van der Waals surface area contributed by atoms with Crippen molar-refractivity contribution in [1.82, 2.24) is 15.0 Å². The Hall–Kier alpha value is -5.55. The summed E-state index contributed by atoms with van der Waals surface area (Å²) in [6.45, 7) is 9.75. The van der Waals surface area contributed by atoms with Gasteiger partial charge in [-0.2, -0.15) is 8.78 Å². The number of nitrogens with zero attached hydrogens (tertiary/aromatic N) is 3. The first kappa shape index (κ1) is 41.1. The van der Waals surface area contributed by atoms with Crippen LogP contribution in [0.5, 0.6) is 5.75 Å². The number of carbonyl (C=O) groups excluding carboxylic acids is 2. The number of aromatic nitrogens is 3. The Morgan fingerprint density at radius 3 is 2.05 bits per heavy atom. The summed E-state index contributed by atoms with van der Waals surface area (Å²) in [7, 11) is -5.81. The lowest BCUT2D eigenvalue weighted by molar-refractivity contribution is -0.154. The molecule has 6 rings (SSSR count). The highest BCUT2D eigenvalue weighted by atomic mass is 31.2. The van der Waals surface area contributed by atoms with Crippen molar-refractivity contribution in [1.29, 1.82) is 0 Å². The van der Waals surface area contributed by atoms with Gasteiger partial charge in [-0.25, -0.2) is 9.48 Å². The second-order valence-electron chi connectivity index (χ2n) is 15.5. The van der Waals surface area contributed by atoms with Gasteiger partial charge in [-0.15, -0.1) is 5.10 Å². The number of esters is 1. The molecule has 57 heavy (non-hydrogen) atoms. The fourth-order valence-corrected chi connectivity index (χ4v) is 7.12. The summed E-state index contributed by atoms with van der Waals surface area (Å²) < 4.78 is 54.3. The van der Waals surface area contributed by atoms with Crippen LogP contribution in [0.25, 0.3) is 22.2 Å². The van der Waals surface area contributed by atoms with Gasteiger partial charge < -0.3 is 19.3 Å². The lowest BCUT2D eigenvalue weighted by atomic mass is 9.83. The van der Waals surface area contributed by atoms with E-state index in [2.05, 4.69) is 10.3 Å². The van der Waals surface area contributed by atoms with E-state index in [0.717, 1.165) is 23.3 Å². The maximum absolute atomic E-state index is 14.8.